The van der Waals surface area contributed by atoms with Crippen molar-refractivity contribution in [2.45, 2.75) is 26.8 Å². The second-order valence-electron chi connectivity index (χ2n) is 4.74. The minimum absolute atomic E-state index is 0.0343. The number of aryl methyl sites for hydroxylation is 2. The summed E-state index contributed by atoms with van der Waals surface area (Å²) in [6, 6.07) is 4.53. The van der Waals surface area contributed by atoms with Crippen molar-refractivity contribution < 1.29 is 14.2 Å². The number of nitrogens with one attached hydrogen (secondary N) is 1. The SMILES string of the molecule is COc1ccc(NC(C)c2c(C)noc2C)c([N+](=O)[O-])c1. The van der Waals surface area contributed by atoms with Crippen LogP contribution in [0.5, 0.6) is 5.75 Å². The number of rotatable bonds is 5. The Morgan fingerprint density at radius 3 is 2.67 bits per heavy atom. The molecule has 0 radical (unpaired) electrons. The van der Waals surface area contributed by atoms with Crippen molar-refractivity contribution in [1.82, 2.24) is 5.16 Å². The molecule has 0 saturated heterocycles. The molecule has 0 bridgehead atoms. The van der Waals surface area contributed by atoms with E-state index in [4.69, 9.17) is 9.26 Å². The molecule has 1 N–H and O–H groups in total. The number of hydrogen-bond donors (Lipinski definition) is 1. The summed E-state index contributed by atoms with van der Waals surface area (Å²) in [5, 5.41) is 18.2. The number of ether oxygens (including phenoxy) is 1. The highest BCUT2D eigenvalue weighted by atomic mass is 16.6. The van der Waals surface area contributed by atoms with E-state index >= 15 is 0 Å². The number of nitrogens with zero attached hydrogens (tertiary/aromatic N) is 2. The van der Waals surface area contributed by atoms with Crippen LogP contribution in [0.2, 0.25) is 0 Å². The molecule has 0 aliphatic rings. The van der Waals surface area contributed by atoms with E-state index in [1.807, 2.05) is 20.8 Å². The van der Waals surface area contributed by atoms with Gasteiger partial charge in [-0.1, -0.05) is 5.16 Å². The maximum atomic E-state index is 11.2. The van der Waals surface area contributed by atoms with E-state index in [1.165, 1.54) is 13.2 Å². The van der Waals surface area contributed by atoms with Crippen LogP contribution < -0.4 is 10.1 Å². The lowest BCUT2D eigenvalue weighted by molar-refractivity contribution is -0.384. The van der Waals surface area contributed by atoms with Crippen molar-refractivity contribution in [3.05, 3.63) is 45.3 Å². The van der Waals surface area contributed by atoms with Gasteiger partial charge >= 0.3 is 0 Å². The van der Waals surface area contributed by atoms with Crippen LogP contribution in [-0.4, -0.2) is 17.2 Å². The van der Waals surface area contributed by atoms with E-state index in [9.17, 15) is 10.1 Å². The van der Waals surface area contributed by atoms with E-state index < -0.39 is 4.92 Å². The molecular weight excluding hydrogens is 274 g/mol. The summed E-state index contributed by atoms with van der Waals surface area (Å²) in [6.45, 7) is 5.56. The number of hydrogen-bond acceptors (Lipinski definition) is 6. The van der Waals surface area contributed by atoms with E-state index in [0.717, 1.165) is 11.3 Å². The normalized spacial score (nSPS) is 12.0. The molecule has 2 aromatic rings. The van der Waals surface area contributed by atoms with Gasteiger partial charge in [-0.3, -0.25) is 10.1 Å². The molecule has 0 saturated carbocycles. The van der Waals surface area contributed by atoms with Gasteiger partial charge in [-0.2, -0.15) is 0 Å². The molecule has 0 aliphatic carbocycles. The minimum atomic E-state index is -0.440. The summed E-state index contributed by atoms with van der Waals surface area (Å²) in [6.07, 6.45) is 0. The second-order valence-corrected chi connectivity index (χ2v) is 4.74. The van der Waals surface area contributed by atoms with Crippen LogP contribution in [0.3, 0.4) is 0 Å². The van der Waals surface area contributed by atoms with Gasteiger partial charge in [-0.15, -0.1) is 0 Å². The van der Waals surface area contributed by atoms with Gasteiger partial charge in [-0.25, -0.2) is 0 Å². The fourth-order valence-electron chi connectivity index (χ4n) is 2.33. The predicted molar refractivity (Wildman–Crippen MR) is 77.7 cm³/mol. The lowest BCUT2D eigenvalue weighted by Gasteiger charge is -2.15. The van der Waals surface area contributed by atoms with Crippen molar-refractivity contribution in [1.29, 1.82) is 0 Å². The fraction of sp³-hybridized carbons (Fsp3) is 0.357. The third kappa shape index (κ3) is 2.96. The number of methoxy groups -OCH3 is 1. The molecule has 2 rings (SSSR count). The van der Waals surface area contributed by atoms with E-state index in [2.05, 4.69) is 10.5 Å². The molecular formula is C14H17N3O4. The molecule has 7 nitrogen and oxygen atoms in total. The topological polar surface area (TPSA) is 90.4 Å². The predicted octanol–water partition coefficient (Wildman–Crippen LogP) is 3.38. The molecule has 1 unspecified atom stereocenters. The third-order valence-electron chi connectivity index (χ3n) is 3.30. The minimum Gasteiger partial charge on any atom is -0.496 e. The van der Waals surface area contributed by atoms with Crippen LogP contribution in [0.1, 0.15) is 30.0 Å². The summed E-state index contributed by atoms with van der Waals surface area (Å²) >= 11 is 0. The van der Waals surface area contributed by atoms with E-state index in [1.54, 1.807) is 12.1 Å². The fourth-order valence-corrected chi connectivity index (χ4v) is 2.33. The Bertz CT molecular complexity index is 647. The van der Waals surface area contributed by atoms with Crippen LogP contribution in [0.25, 0.3) is 0 Å². The van der Waals surface area contributed by atoms with Crippen molar-refractivity contribution in [3.8, 4) is 5.75 Å². The first-order valence-corrected chi connectivity index (χ1v) is 6.45. The van der Waals surface area contributed by atoms with Gasteiger partial charge in [0, 0.05) is 5.56 Å². The van der Waals surface area contributed by atoms with Crippen molar-refractivity contribution in [3.63, 3.8) is 0 Å². The number of aromatic nitrogens is 1. The summed E-state index contributed by atoms with van der Waals surface area (Å²) < 4.78 is 10.1. The Kier molecular flexibility index (Phi) is 4.11. The first-order valence-electron chi connectivity index (χ1n) is 6.45. The lowest BCUT2D eigenvalue weighted by atomic mass is 10.1. The van der Waals surface area contributed by atoms with Crippen LogP contribution in [0, 0.1) is 24.0 Å². The highest BCUT2D eigenvalue weighted by Gasteiger charge is 2.21. The van der Waals surface area contributed by atoms with E-state index in [0.29, 0.717) is 17.2 Å². The lowest BCUT2D eigenvalue weighted by Crippen LogP contribution is -2.10. The molecule has 7 heteroatoms. The Morgan fingerprint density at radius 1 is 1.43 bits per heavy atom. The van der Waals surface area contributed by atoms with Gasteiger partial charge in [0.05, 0.1) is 29.8 Å². The number of nitro groups is 1. The smallest absolute Gasteiger partial charge is 0.296 e. The van der Waals surface area contributed by atoms with E-state index in [-0.39, 0.29) is 11.7 Å². The van der Waals surface area contributed by atoms with Crippen molar-refractivity contribution in [2.75, 3.05) is 12.4 Å². The molecule has 1 aromatic heterocycles. The zero-order chi connectivity index (χ0) is 15.6. The van der Waals surface area contributed by atoms with Crippen LogP contribution in [0.15, 0.2) is 22.7 Å². The van der Waals surface area contributed by atoms with Crippen molar-refractivity contribution in [2.24, 2.45) is 0 Å². The maximum absolute atomic E-state index is 11.2. The Labute approximate surface area is 122 Å². The number of anilines is 1. The first kappa shape index (κ1) is 14.8. The second kappa shape index (κ2) is 5.82. The molecule has 0 fully saturated rings. The highest BCUT2D eigenvalue weighted by Crippen LogP contribution is 2.32. The zero-order valence-corrected chi connectivity index (χ0v) is 12.3. The summed E-state index contributed by atoms with van der Waals surface area (Å²) in [4.78, 5) is 10.7. The average Bonchev–Trinajstić information content (AvgIpc) is 2.78. The van der Waals surface area contributed by atoms with Gasteiger partial charge in [0.15, 0.2) is 0 Å². The van der Waals surface area contributed by atoms with Gasteiger partial charge < -0.3 is 14.6 Å². The summed E-state index contributed by atoms with van der Waals surface area (Å²) in [5.74, 6) is 1.14. The highest BCUT2D eigenvalue weighted by molar-refractivity contribution is 5.64. The average molecular weight is 291 g/mol. The first-order chi connectivity index (χ1) is 9.93. The van der Waals surface area contributed by atoms with Gasteiger partial charge in [0.2, 0.25) is 0 Å². The molecule has 0 aliphatic heterocycles. The molecule has 0 spiro atoms. The Hall–Kier alpha value is -2.57. The zero-order valence-electron chi connectivity index (χ0n) is 12.3. The standard InChI is InChI=1S/C14H17N3O4/c1-8(14-9(2)16-21-10(14)3)15-12-6-5-11(20-4)7-13(12)17(18)19/h5-8,15H,1-4H3. The van der Waals surface area contributed by atoms with Crippen LogP contribution >= 0.6 is 0 Å². The largest absolute Gasteiger partial charge is 0.496 e. The Morgan fingerprint density at radius 2 is 2.14 bits per heavy atom. The molecule has 1 aromatic carbocycles. The van der Waals surface area contributed by atoms with Gasteiger partial charge in [0.1, 0.15) is 17.2 Å². The van der Waals surface area contributed by atoms with Gasteiger partial charge in [0.25, 0.3) is 5.69 Å². The third-order valence-corrected chi connectivity index (χ3v) is 3.30. The quantitative estimate of drug-likeness (QED) is 0.670. The molecule has 21 heavy (non-hydrogen) atoms. The molecule has 0 amide bonds. The number of benzene rings is 1. The number of nitro benzene ring substituents is 1. The van der Waals surface area contributed by atoms with Gasteiger partial charge in [-0.05, 0) is 32.9 Å². The van der Waals surface area contributed by atoms with Crippen LogP contribution in [0.4, 0.5) is 11.4 Å². The molecule has 1 atom stereocenters. The summed E-state index contributed by atoms with van der Waals surface area (Å²) in [5.41, 5.74) is 2.06. The maximum Gasteiger partial charge on any atom is 0.296 e. The summed E-state index contributed by atoms with van der Waals surface area (Å²) in [7, 11) is 1.47. The van der Waals surface area contributed by atoms with Crippen molar-refractivity contribution >= 4 is 11.4 Å². The Balaban J connectivity index is 2.33. The van der Waals surface area contributed by atoms with Crippen LogP contribution in [-0.2, 0) is 0 Å². The monoisotopic (exact) mass is 291 g/mol. The molecule has 1 heterocycles. The molecule has 112 valence electrons.